The van der Waals surface area contributed by atoms with E-state index in [0.717, 1.165) is 38.5 Å². The number of hydrogen-bond donors (Lipinski definition) is 3. The molecule has 3 nitrogen and oxygen atoms in total. The quantitative estimate of drug-likeness (QED) is 0.645. The molecule has 3 N–H and O–H groups in total. The molecule has 4 atom stereocenters. The van der Waals surface area contributed by atoms with Crippen molar-refractivity contribution in [3.63, 3.8) is 0 Å². The van der Waals surface area contributed by atoms with E-state index in [9.17, 15) is 10.2 Å². The number of hydrogen-bond acceptors (Lipinski definition) is 3. The first-order chi connectivity index (χ1) is 7.24. The molecule has 0 aromatic carbocycles. The predicted molar refractivity (Wildman–Crippen MR) is 59.7 cm³/mol. The molecule has 2 rings (SSSR count). The van der Waals surface area contributed by atoms with Crippen LogP contribution in [0.5, 0.6) is 0 Å². The third-order valence-corrected chi connectivity index (χ3v) is 3.76. The van der Waals surface area contributed by atoms with Crippen molar-refractivity contribution in [3.05, 3.63) is 0 Å². The van der Waals surface area contributed by atoms with Crippen molar-refractivity contribution < 1.29 is 10.2 Å². The summed E-state index contributed by atoms with van der Waals surface area (Å²) in [7, 11) is 0. The Morgan fingerprint density at radius 3 is 1.60 bits per heavy atom. The van der Waals surface area contributed by atoms with Gasteiger partial charge in [-0.1, -0.05) is 0 Å². The van der Waals surface area contributed by atoms with Crippen LogP contribution in [0.4, 0.5) is 0 Å². The highest BCUT2D eigenvalue weighted by atomic mass is 16.3. The summed E-state index contributed by atoms with van der Waals surface area (Å²) < 4.78 is 0. The average molecular weight is 213 g/mol. The minimum atomic E-state index is -0.107. The molecular weight excluding hydrogens is 190 g/mol. The standard InChI is InChI=1S/C12H23NO2/c14-11-5-1-3-9(7-11)13-10-4-2-6-12(15)8-10/h9-15H,1-8H2. The molecule has 0 bridgehead atoms. The first kappa shape index (κ1) is 11.4. The zero-order valence-electron chi connectivity index (χ0n) is 9.36. The molecule has 2 aliphatic rings. The second kappa shape index (κ2) is 5.28. The van der Waals surface area contributed by atoms with Crippen LogP contribution in [0.2, 0.25) is 0 Å². The molecule has 3 heteroatoms. The molecule has 15 heavy (non-hydrogen) atoms. The Morgan fingerprint density at radius 2 is 1.20 bits per heavy atom. The van der Waals surface area contributed by atoms with E-state index in [-0.39, 0.29) is 12.2 Å². The maximum atomic E-state index is 9.57. The van der Waals surface area contributed by atoms with Crippen LogP contribution in [0.15, 0.2) is 0 Å². The Morgan fingerprint density at radius 1 is 0.733 bits per heavy atom. The lowest BCUT2D eigenvalue weighted by atomic mass is 9.89. The van der Waals surface area contributed by atoms with Crippen molar-refractivity contribution in [2.24, 2.45) is 0 Å². The molecule has 0 saturated heterocycles. The van der Waals surface area contributed by atoms with Crippen molar-refractivity contribution in [2.75, 3.05) is 0 Å². The van der Waals surface area contributed by atoms with Gasteiger partial charge in [-0.3, -0.25) is 0 Å². The first-order valence-corrected chi connectivity index (χ1v) is 6.36. The molecular formula is C12H23NO2. The van der Waals surface area contributed by atoms with Crippen molar-refractivity contribution in [3.8, 4) is 0 Å². The molecule has 0 aromatic heterocycles. The maximum absolute atomic E-state index is 9.57. The number of aliphatic hydroxyl groups is 2. The molecule has 0 amide bonds. The normalized spacial score (nSPS) is 42.8. The molecule has 2 saturated carbocycles. The fourth-order valence-corrected chi connectivity index (χ4v) is 2.96. The Hall–Kier alpha value is -0.120. The summed E-state index contributed by atoms with van der Waals surface area (Å²) in [4.78, 5) is 0. The molecule has 88 valence electrons. The summed E-state index contributed by atoms with van der Waals surface area (Å²) in [6, 6.07) is 0.952. The van der Waals surface area contributed by atoms with Crippen molar-refractivity contribution in [1.82, 2.24) is 5.32 Å². The van der Waals surface area contributed by atoms with Gasteiger partial charge in [0.25, 0.3) is 0 Å². The van der Waals surface area contributed by atoms with Gasteiger partial charge in [0.15, 0.2) is 0 Å². The Labute approximate surface area is 91.9 Å². The molecule has 0 radical (unpaired) electrons. The second-order valence-electron chi connectivity index (χ2n) is 5.20. The summed E-state index contributed by atoms with van der Waals surface area (Å²) in [6.45, 7) is 0. The Balaban J connectivity index is 1.75. The summed E-state index contributed by atoms with van der Waals surface area (Å²) in [6.07, 6.45) is 8.14. The average Bonchev–Trinajstić information content (AvgIpc) is 2.17. The Bertz CT molecular complexity index is 178. The van der Waals surface area contributed by atoms with Gasteiger partial charge in [0.2, 0.25) is 0 Å². The first-order valence-electron chi connectivity index (χ1n) is 6.36. The smallest absolute Gasteiger partial charge is 0.0555 e. The lowest BCUT2D eigenvalue weighted by Gasteiger charge is -2.33. The van der Waals surface area contributed by atoms with Crippen LogP contribution >= 0.6 is 0 Å². The van der Waals surface area contributed by atoms with E-state index >= 15 is 0 Å². The van der Waals surface area contributed by atoms with Crippen LogP contribution in [-0.2, 0) is 0 Å². The lowest BCUT2D eigenvalue weighted by molar-refractivity contribution is 0.0860. The van der Waals surface area contributed by atoms with Crippen LogP contribution < -0.4 is 5.32 Å². The molecule has 0 spiro atoms. The van der Waals surface area contributed by atoms with Gasteiger partial charge >= 0.3 is 0 Å². The van der Waals surface area contributed by atoms with E-state index in [2.05, 4.69) is 5.32 Å². The molecule has 0 aromatic rings. The zero-order valence-corrected chi connectivity index (χ0v) is 9.36. The van der Waals surface area contributed by atoms with Gasteiger partial charge in [0, 0.05) is 12.1 Å². The summed E-state index contributed by atoms with van der Waals surface area (Å²) in [5.41, 5.74) is 0. The number of nitrogens with one attached hydrogen (secondary N) is 1. The van der Waals surface area contributed by atoms with Gasteiger partial charge in [-0.25, -0.2) is 0 Å². The van der Waals surface area contributed by atoms with E-state index in [1.165, 1.54) is 12.8 Å². The third-order valence-electron chi connectivity index (χ3n) is 3.76. The summed E-state index contributed by atoms with van der Waals surface area (Å²) in [5, 5.41) is 22.7. The molecule has 2 fully saturated rings. The summed E-state index contributed by atoms with van der Waals surface area (Å²) in [5.74, 6) is 0. The van der Waals surface area contributed by atoms with Gasteiger partial charge in [-0.2, -0.15) is 0 Å². The fourth-order valence-electron chi connectivity index (χ4n) is 2.96. The Kier molecular flexibility index (Phi) is 4.00. The van der Waals surface area contributed by atoms with E-state index in [1.807, 2.05) is 0 Å². The lowest BCUT2D eigenvalue weighted by Crippen LogP contribution is -2.45. The van der Waals surface area contributed by atoms with Gasteiger partial charge in [-0.15, -0.1) is 0 Å². The van der Waals surface area contributed by atoms with Crippen LogP contribution in [-0.4, -0.2) is 34.5 Å². The third kappa shape index (κ3) is 3.44. The second-order valence-corrected chi connectivity index (χ2v) is 5.20. The van der Waals surface area contributed by atoms with Gasteiger partial charge in [0.05, 0.1) is 12.2 Å². The molecule has 2 aliphatic carbocycles. The fraction of sp³-hybridized carbons (Fsp3) is 1.00. The van der Waals surface area contributed by atoms with E-state index in [0.29, 0.717) is 12.1 Å². The van der Waals surface area contributed by atoms with Crippen LogP contribution in [0.25, 0.3) is 0 Å². The minimum absolute atomic E-state index is 0.107. The number of rotatable bonds is 2. The molecule has 0 aliphatic heterocycles. The minimum Gasteiger partial charge on any atom is -0.393 e. The highest BCUT2D eigenvalue weighted by molar-refractivity contribution is 4.84. The van der Waals surface area contributed by atoms with E-state index < -0.39 is 0 Å². The van der Waals surface area contributed by atoms with Gasteiger partial charge < -0.3 is 15.5 Å². The largest absolute Gasteiger partial charge is 0.393 e. The molecule has 0 heterocycles. The van der Waals surface area contributed by atoms with Crippen molar-refractivity contribution >= 4 is 0 Å². The highest BCUT2D eigenvalue weighted by Crippen LogP contribution is 2.23. The van der Waals surface area contributed by atoms with Crippen LogP contribution in [0, 0.1) is 0 Å². The monoisotopic (exact) mass is 213 g/mol. The predicted octanol–water partition coefficient (Wildman–Crippen LogP) is 1.18. The van der Waals surface area contributed by atoms with Crippen molar-refractivity contribution in [2.45, 2.75) is 75.7 Å². The molecule has 4 unspecified atom stereocenters. The van der Waals surface area contributed by atoms with Crippen LogP contribution in [0.1, 0.15) is 51.4 Å². The zero-order chi connectivity index (χ0) is 10.7. The van der Waals surface area contributed by atoms with Gasteiger partial charge in [-0.05, 0) is 51.4 Å². The van der Waals surface area contributed by atoms with E-state index in [4.69, 9.17) is 0 Å². The SMILES string of the molecule is OC1CCCC(NC2CCCC(O)C2)C1. The van der Waals surface area contributed by atoms with E-state index in [1.54, 1.807) is 0 Å². The maximum Gasteiger partial charge on any atom is 0.0555 e. The summed E-state index contributed by atoms with van der Waals surface area (Å²) >= 11 is 0. The highest BCUT2D eigenvalue weighted by Gasteiger charge is 2.25. The van der Waals surface area contributed by atoms with Gasteiger partial charge in [0.1, 0.15) is 0 Å². The van der Waals surface area contributed by atoms with Crippen LogP contribution in [0.3, 0.4) is 0 Å². The van der Waals surface area contributed by atoms with Crippen molar-refractivity contribution in [1.29, 1.82) is 0 Å². The topological polar surface area (TPSA) is 52.5 Å². The number of aliphatic hydroxyl groups excluding tert-OH is 2.